The summed E-state index contributed by atoms with van der Waals surface area (Å²) in [6.45, 7) is 5.36. The van der Waals surface area contributed by atoms with E-state index >= 15 is 0 Å². The van der Waals surface area contributed by atoms with Gasteiger partial charge in [0.1, 0.15) is 0 Å². The van der Waals surface area contributed by atoms with Gasteiger partial charge in [0.05, 0.1) is 5.41 Å². The highest BCUT2D eigenvalue weighted by molar-refractivity contribution is 9.10. The number of hydrogen-bond donors (Lipinski definition) is 1. The average Bonchev–Trinajstić information content (AvgIpc) is 3.46. The highest BCUT2D eigenvalue weighted by Gasteiger charge is 2.51. The Morgan fingerprint density at radius 1 is 1.07 bits per heavy atom. The number of carbonyl (C=O) groups is 1. The molecule has 2 aliphatic rings. The first-order valence-corrected chi connectivity index (χ1v) is 10.4. The second-order valence-electron chi connectivity index (χ2n) is 7.83. The molecule has 1 heterocycles. The van der Waals surface area contributed by atoms with Crippen molar-refractivity contribution >= 4 is 27.5 Å². The van der Waals surface area contributed by atoms with Crippen LogP contribution >= 0.6 is 15.9 Å². The maximum Gasteiger partial charge on any atom is 0.235 e. The lowest BCUT2D eigenvalue weighted by Crippen LogP contribution is -2.43. The zero-order valence-electron chi connectivity index (χ0n) is 15.7. The summed E-state index contributed by atoms with van der Waals surface area (Å²) in [6, 6.07) is 16.4. The van der Waals surface area contributed by atoms with Crippen LogP contribution < -0.4 is 5.32 Å². The van der Waals surface area contributed by atoms with Crippen LogP contribution in [0.5, 0.6) is 0 Å². The molecule has 0 atom stereocenters. The predicted octanol–water partition coefficient (Wildman–Crippen LogP) is 3.87. The molecule has 1 amide bonds. The van der Waals surface area contributed by atoms with Crippen molar-refractivity contribution in [3.05, 3.63) is 64.1 Å². The van der Waals surface area contributed by atoms with Crippen LogP contribution in [-0.4, -0.2) is 48.9 Å². The van der Waals surface area contributed by atoms with Crippen LogP contribution in [0.2, 0.25) is 0 Å². The van der Waals surface area contributed by atoms with Crippen LogP contribution in [0, 0.1) is 0 Å². The molecule has 27 heavy (non-hydrogen) atoms. The third-order valence-electron chi connectivity index (χ3n) is 5.75. The first-order valence-electron chi connectivity index (χ1n) is 9.62. The van der Waals surface area contributed by atoms with Gasteiger partial charge in [-0.05, 0) is 55.3 Å². The van der Waals surface area contributed by atoms with E-state index in [2.05, 4.69) is 62.4 Å². The fourth-order valence-electron chi connectivity index (χ4n) is 3.82. The summed E-state index contributed by atoms with van der Waals surface area (Å²) in [6.07, 6.45) is 1.83. The fourth-order valence-corrected chi connectivity index (χ4v) is 4.22. The van der Waals surface area contributed by atoms with Crippen LogP contribution in [0.4, 0.5) is 5.69 Å². The molecular weight excluding hydrogens is 402 g/mol. The third kappa shape index (κ3) is 4.26. The number of nitrogens with one attached hydrogen (secondary N) is 1. The van der Waals surface area contributed by atoms with Crippen molar-refractivity contribution in [2.75, 3.05) is 38.5 Å². The Morgan fingerprint density at radius 3 is 2.52 bits per heavy atom. The number of likely N-dealkylation sites (N-methyl/N-ethyl adjacent to an activating group) is 1. The first-order chi connectivity index (χ1) is 13.0. The fraction of sp³-hybridized carbons (Fsp3) is 0.409. The van der Waals surface area contributed by atoms with E-state index < -0.39 is 0 Å². The smallest absolute Gasteiger partial charge is 0.235 e. The molecule has 1 aliphatic heterocycles. The van der Waals surface area contributed by atoms with E-state index in [1.807, 2.05) is 24.3 Å². The SMILES string of the molecule is CN1CCN(Cc2cccc(NC(=O)C3(c4cccc(Br)c4)CC3)c2)CC1. The minimum absolute atomic E-state index is 0.109. The molecule has 4 rings (SSSR count). The van der Waals surface area contributed by atoms with Crippen LogP contribution in [0.15, 0.2) is 53.0 Å². The van der Waals surface area contributed by atoms with E-state index in [1.54, 1.807) is 0 Å². The summed E-state index contributed by atoms with van der Waals surface area (Å²) in [7, 11) is 2.17. The van der Waals surface area contributed by atoms with Gasteiger partial charge in [0.2, 0.25) is 5.91 Å². The Hall–Kier alpha value is -1.69. The topological polar surface area (TPSA) is 35.6 Å². The number of rotatable bonds is 5. The second kappa shape index (κ2) is 7.74. The number of halogens is 1. The van der Waals surface area contributed by atoms with E-state index in [0.717, 1.165) is 61.3 Å². The average molecular weight is 428 g/mol. The second-order valence-corrected chi connectivity index (χ2v) is 8.74. The van der Waals surface area contributed by atoms with Crippen molar-refractivity contribution < 1.29 is 4.79 Å². The summed E-state index contributed by atoms with van der Waals surface area (Å²) < 4.78 is 1.02. The molecule has 0 radical (unpaired) electrons. The molecule has 1 aliphatic carbocycles. The Balaban J connectivity index is 1.43. The molecule has 142 valence electrons. The number of anilines is 1. The van der Waals surface area contributed by atoms with E-state index in [1.165, 1.54) is 5.56 Å². The summed E-state index contributed by atoms with van der Waals surface area (Å²) in [5.74, 6) is 0.109. The Labute approximate surface area is 169 Å². The molecule has 2 fully saturated rings. The Kier molecular flexibility index (Phi) is 5.35. The van der Waals surface area contributed by atoms with E-state index in [0.29, 0.717) is 0 Å². The molecule has 2 aromatic carbocycles. The summed E-state index contributed by atoms with van der Waals surface area (Å²) in [5.41, 5.74) is 2.89. The quantitative estimate of drug-likeness (QED) is 0.786. The van der Waals surface area contributed by atoms with Gasteiger partial charge in [0.25, 0.3) is 0 Å². The molecule has 5 heteroatoms. The largest absolute Gasteiger partial charge is 0.325 e. The Bertz CT molecular complexity index is 826. The maximum absolute atomic E-state index is 13.0. The van der Waals surface area contributed by atoms with Crippen LogP contribution in [0.3, 0.4) is 0 Å². The summed E-state index contributed by atoms with van der Waals surface area (Å²) in [5, 5.41) is 3.17. The highest BCUT2D eigenvalue weighted by atomic mass is 79.9. The van der Waals surface area contributed by atoms with Gasteiger partial charge in [0, 0.05) is 42.9 Å². The van der Waals surface area contributed by atoms with Gasteiger partial charge in [-0.15, -0.1) is 0 Å². The van der Waals surface area contributed by atoms with Gasteiger partial charge >= 0.3 is 0 Å². The Morgan fingerprint density at radius 2 is 1.81 bits per heavy atom. The minimum Gasteiger partial charge on any atom is -0.325 e. The van der Waals surface area contributed by atoms with Crippen molar-refractivity contribution in [3.63, 3.8) is 0 Å². The van der Waals surface area contributed by atoms with Crippen molar-refractivity contribution in [1.29, 1.82) is 0 Å². The van der Waals surface area contributed by atoms with Gasteiger partial charge in [-0.25, -0.2) is 0 Å². The molecule has 2 aromatic rings. The molecular formula is C22H26BrN3O. The molecule has 0 unspecified atom stereocenters. The van der Waals surface area contributed by atoms with Crippen molar-refractivity contribution in [2.45, 2.75) is 24.8 Å². The summed E-state index contributed by atoms with van der Waals surface area (Å²) in [4.78, 5) is 17.8. The van der Waals surface area contributed by atoms with Crippen LogP contribution in [0.1, 0.15) is 24.0 Å². The predicted molar refractivity (Wildman–Crippen MR) is 113 cm³/mol. The molecule has 0 spiro atoms. The standard InChI is InChI=1S/C22H26BrN3O/c1-25-10-12-26(13-11-25)16-17-4-2-7-20(14-17)24-21(27)22(8-9-22)18-5-3-6-19(23)15-18/h2-7,14-15H,8-13,16H2,1H3,(H,24,27). The zero-order valence-corrected chi connectivity index (χ0v) is 17.3. The van der Waals surface area contributed by atoms with Gasteiger partial charge in [-0.3, -0.25) is 9.69 Å². The number of carbonyl (C=O) groups excluding carboxylic acids is 1. The van der Waals surface area contributed by atoms with Crippen molar-refractivity contribution in [2.24, 2.45) is 0 Å². The van der Waals surface area contributed by atoms with E-state index in [4.69, 9.17) is 0 Å². The summed E-state index contributed by atoms with van der Waals surface area (Å²) >= 11 is 3.52. The van der Waals surface area contributed by atoms with E-state index in [9.17, 15) is 4.79 Å². The molecule has 1 saturated heterocycles. The van der Waals surface area contributed by atoms with Gasteiger partial charge in [-0.2, -0.15) is 0 Å². The number of piperazine rings is 1. The number of benzene rings is 2. The lowest BCUT2D eigenvalue weighted by molar-refractivity contribution is -0.118. The first kappa shape index (κ1) is 18.7. The molecule has 1 N–H and O–H groups in total. The molecule has 0 aromatic heterocycles. The number of amides is 1. The van der Waals surface area contributed by atoms with Gasteiger partial charge in [0.15, 0.2) is 0 Å². The molecule has 0 bridgehead atoms. The normalized spacial score (nSPS) is 19.6. The number of nitrogens with zero attached hydrogens (tertiary/aromatic N) is 2. The minimum atomic E-state index is -0.364. The molecule has 1 saturated carbocycles. The van der Waals surface area contributed by atoms with Gasteiger partial charge < -0.3 is 10.2 Å². The lowest BCUT2D eigenvalue weighted by Gasteiger charge is -2.32. The highest BCUT2D eigenvalue weighted by Crippen LogP contribution is 2.49. The van der Waals surface area contributed by atoms with Crippen molar-refractivity contribution in [3.8, 4) is 0 Å². The van der Waals surface area contributed by atoms with Crippen LogP contribution in [0.25, 0.3) is 0 Å². The van der Waals surface area contributed by atoms with Crippen molar-refractivity contribution in [1.82, 2.24) is 9.80 Å². The van der Waals surface area contributed by atoms with Gasteiger partial charge in [-0.1, -0.05) is 40.2 Å². The van der Waals surface area contributed by atoms with Crippen LogP contribution in [-0.2, 0) is 16.8 Å². The van der Waals surface area contributed by atoms with E-state index in [-0.39, 0.29) is 11.3 Å². The monoisotopic (exact) mass is 427 g/mol. The maximum atomic E-state index is 13.0. The number of hydrogen-bond acceptors (Lipinski definition) is 3. The molecule has 4 nitrogen and oxygen atoms in total. The zero-order chi connectivity index (χ0) is 18.9. The third-order valence-corrected chi connectivity index (χ3v) is 6.24. The lowest BCUT2D eigenvalue weighted by atomic mass is 9.95.